The van der Waals surface area contributed by atoms with Crippen molar-refractivity contribution in [3.8, 4) is 11.6 Å². The molecular formula is C15H19N5. The minimum Gasteiger partial charge on any atom is -0.312 e. The number of hydrogen-bond acceptors (Lipinski definition) is 5. The molecule has 2 aromatic rings. The van der Waals surface area contributed by atoms with E-state index in [0.29, 0.717) is 11.6 Å². The Hall–Kier alpha value is -1.88. The summed E-state index contributed by atoms with van der Waals surface area (Å²) in [6.45, 7) is 6.00. The Balaban J connectivity index is 2.07. The molecule has 0 unspecified atom stereocenters. The number of fused-ring (bicyclic) bond motifs is 1. The van der Waals surface area contributed by atoms with E-state index in [9.17, 15) is 0 Å². The molecular weight excluding hydrogens is 250 g/mol. The van der Waals surface area contributed by atoms with Crippen LogP contribution in [0.15, 0.2) is 12.4 Å². The second-order valence-corrected chi connectivity index (χ2v) is 5.18. The number of aryl methyl sites for hydroxylation is 2. The summed E-state index contributed by atoms with van der Waals surface area (Å²) in [6.07, 6.45) is 6.63. The molecule has 0 atom stereocenters. The fraction of sp³-hybridized carbons (Fsp3) is 0.467. The third-order valence-electron chi connectivity index (χ3n) is 3.49. The first-order chi connectivity index (χ1) is 9.78. The Morgan fingerprint density at radius 1 is 1.15 bits per heavy atom. The van der Waals surface area contributed by atoms with Crippen molar-refractivity contribution in [2.24, 2.45) is 0 Å². The Morgan fingerprint density at radius 2 is 1.95 bits per heavy atom. The van der Waals surface area contributed by atoms with E-state index < -0.39 is 0 Å². The predicted octanol–water partition coefficient (Wildman–Crippen LogP) is 1.84. The maximum absolute atomic E-state index is 4.70. The maximum atomic E-state index is 4.70. The van der Waals surface area contributed by atoms with E-state index in [1.54, 1.807) is 0 Å². The predicted molar refractivity (Wildman–Crippen MR) is 77.2 cm³/mol. The van der Waals surface area contributed by atoms with Crippen molar-refractivity contribution in [3.63, 3.8) is 0 Å². The molecule has 0 aromatic carbocycles. The Morgan fingerprint density at radius 3 is 2.70 bits per heavy atom. The van der Waals surface area contributed by atoms with Crippen molar-refractivity contribution < 1.29 is 0 Å². The number of hydrogen-bond donors (Lipinski definition) is 1. The van der Waals surface area contributed by atoms with Gasteiger partial charge in [-0.25, -0.2) is 19.9 Å². The Bertz CT molecular complexity index is 606. The second-order valence-electron chi connectivity index (χ2n) is 5.18. The van der Waals surface area contributed by atoms with Crippen LogP contribution in [0.5, 0.6) is 0 Å². The number of rotatable bonds is 3. The first-order valence-electron chi connectivity index (χ1n) is 7.16. The molecule has 104 valence electrons. The zero-order chi connectivity index (χ0) is 13.9. The zero-order valence-corrected chi connectivity index (χ0v) is 12.0. The molecule has 0 radical (unpaired) electrons. The average molecular weight is 269 g/mol. The van der Waals surface area contributed by atoms with Crippen LogP contribution in [-0.2, 0) is 19.4 Å². The molecule has 0 spiro atoms. The molecule has 0 fully saturated rings. The number of nitrogens with one attached hydrogen (secondary N) is 1. The topological polar surface area (TPSA) is 63.6 Å². The van der Waals surface area contributed by atoms with E-state index in [1.807, 2.05) is 19.3 Å². The summed E-state index contributed by atoms with van der Waals surface area (Å²) in [6, 6.07) is 0. The van der Waals surface area contributed by atoms with Crippen molar-refractivity contribution in [2.75, 3.05) is 6.54 Å². The highest BCUT2D eigenvalue weighted by atomic mass is 15.0. The minimum absolute atomic E-state index is 0.620. The van der Waals surface area contributed by atoms with Crippen molar-refractivity contribution >= 4 is 0 Å². The molecule has 1 N–H and O–H groups in total. The molecule has 0 saturated carbocycles. The highest BCUT2D eigenvalue weighted by molar-refractivity contribution is 5.46. The van der Waals surface area contributed by atoms with E-state index in [-0.39, 0.29) is 0 Å². The molecule has 5 heteroatoms. The van der Waals surface area contributed by atoms with Gasteiger partial charge >= 0.3 is 0 Å². The van der Waals surface area contributed by atoms with E-state index in [0.717, 1.165) is 49.3 Å². The van der Waals surface area contributed by atoms with Crippen LogP contribution >= 0.6 is 0 Å². The van der Waals surface area contributed by atoms with Gasteiger partial charge in [-0.3, -0.25) is 0 Å². The van der Waals surface area contributed by atoms with Crippen molar-refractivity contribution in [1.82, 2.24) is 25.3 Å². The van der Waals surface area contributed by atoms with E-state index in [2.05, 4.69) is 27.2 Å². The van der Waals surface area contributed by atoms with Gasteiger partial charge in [0.2, 0.25) is 0 Å². The van der Waals surface area contributed by atoms with Gasteiger partial charge in [-0.05, 0) is 18.9 Å². The molecule has 0 amide bonds. The van der Waals surface area contributed by atoms with Gasteiger partial charge in [0.1, 0.15) is 0 Å². The highest BCUT2D eigenvalue weighted by Gasteiger charge is 2.18. The van der Waals surface area contributed by atoms with Gasteiger partial charge < -0.3 is 5.32 Å². The molecule has 1 aliphatic rings. The van der Waals surface area contributed by atoms with Gasteiger partial charge in [0.05, 0.1) is 5.69 Å². The summed E-state index contributed by atoms with van der Waals surface area (Å²) in [7, 11) is 0. The van der Waals surface area contributed by atoms with Crippen LogP contribution in [0.4, 0.5) is 0 Å². The first kappa shape index (κ1) is 13.1. The van der Waals surface area contributed by atoms with Gasteiger partial charge in [-0.2, -0.15) is 0 Å². The lowest BCUT2D eigenvalue weighted by molar-refractivity contribution is 0.615. The van der Waals surface area contributed by atoms with Crippen LogP contribution < -0.4 is 5.32 Å². The minimum atomic E-state index is 0.620. The van der Waals surface area contributed by atoms with Crippen LogP contribution in [0.1, 0.15) is 35.9 Å². The summed E-state index contributed by atoms with van der Waals surface area (Å²) < 4.78 is 0. The molecule has 0 bridgehead atoms. The second kappa shape index (κ2) is 5.63. The van der Waals surface area contributed by atoms with Crippen molar-refractivity contribution in [2.45, 2.75) is 39.7 Å². The summed E-state index contributed by atoms with van der Waals surface area (Å²) >= 11 is 0. The van der Waals surface area contributed by atoms with Gasteiger partial charge in [0.15, 0.2) is 11.6 Å². The van der Waals surface area contributed by atoms with Crippen LogP contribution in [0.25, 0.3) is 11.6 Å². The molecule has 0 saturated heterocycles. The fourth-order valence-electron chi connectivity index (χ4n) is 2.46. The van der Waals surface area contributed by atoms with Crippen LogP contribution in [0.2, 0.25) is 0 Å². The first-order valence-corrected chi connectivity index (χ1v) is 7.16. The van der Waals surface area contributed by atoms with Gasteiger partial charge in [-0.15, -0.1) is 0 Å². The van der Waals surface area contributed by atoms with Crippen LogP contribution in [0.3, 0.4) is 0 Å². The quantitative estimate of drug-likeness (QED) is 0.921. The molecule has 1 aliphatic heterocycles. The van der Waals surface area contributed by atoms with Crippen molar-refractivity contribution in [1.29, 1.82) is 0 Å². The summed E-state index contributed by atoms with van der Waals surface area (Å²) in [4.78, 5) is 18.1. The molecule has 0 aliphatic carbocycles. The average Bonchev–Trinajstić information content (AvgIpc) is 2.48. The molecule has 3 rings (SSSR count). The molecule has 5 nitrogen and oxygen atoms in total. The van der Waals surface area contributed by atoms with Gasteiger partial charge in [0, 0.05) is 43.2 Å². The van der Waals surface area contributed by atoms with E-state index in [4.69, 9.17) is 4.98 Å². The maximum Gasteiger partial charge on any atom is 0.198 e. The number of aromatic nitrogens is 4. The lowest BCUT2D eigenvalue weighted by atomic mass is 10.0. The molecule has 3 heterocycles. The van der Waals surface area contributed by atoms with Crippen molar-refractivity contribution in [3.05, 3.63) is 34.9 Å². The van der Waals surface area contributed by atoms with Crippen LogP contribution in [0, 0.1) is 6.92 Å². The smallest absolute Gasteiger partial charge is 0.198 e. The summed E-state index contributed by atoms with van der Waals surface area (Å²) in [5.74, 6) is 1.28. The normalized spacial score (nSPS) is 14.1. The summed E-state index contributed by atoms with van der Waals surface area (Å²) in [5.41, 5.74) is 4.61. The third kappa shape index (κ3) is 2.54. The SMILES string of the molecule is CCCc1nc(-c2ncc(C)cn2)nc2c1CNCC2. The fourth-order valence-corrected chi connectivity index (χ4v) is 2.46. The lowest BCUT2D eigenvalue weighted by Crippen LogP contribution is -2.27. The zero-order valence-electron chi connectivity index (χ0n) is 12.0. The molecule has 20 heavy (non-hydrogen) atoms. The largest absolute Gasteiger partial charge is 0.312 e. The Kier molecular flexibility index (Phi) is 3.69. The van der Waals surface area contributed by atoms with Crippen LogP contribution in [-0.4, -0.2) is 26.5 Å². The molecule has 2 aromatic heterocycles. The van der Waals surface area contributed by atoms with Gasteiger partial charge in [-0.1, -0.05) is 13.3 Å². The monoisotopic (exact) mass is 269 g/mol. The van der Waals surface area contributed by atoms with E-state index in [1.165, 1.54) is 5.56 Å². The van der Waals surface area contributed by atoms with E-state index >= 15 is 0 Å². The Labute approximate surface area is 118 Å². The highest BCUT2D eigenvalue weighted by Crippen LogP contribution is 2.20. The standard InChI is InChI=1S/C15H19N5/c1-3-4-12-11-9-16-6-5-13(11)20-15(19-12)14-17-7-10(2)8-18-14/h7-8,16H,3-6,9H2,1-2H3. The van der Waals surface area contributed by atoms with Gasteiger partial charge in [0.25, 0.3) is 0 Å². The number of nitrogens with zero attached hydrogens (tertiary/aromatic N) is 4. The summed E-state index contributed by atoms with van der Waals surface area (Å²) in [5, 5.41) is 3.40. The lowest BCUT2D eigenvalue weighted by Gasteiger charge is -2.19. The third-order valence-corrected chi connectivity index (χ3v) is 3.49.